The van der Waals surface area contributed by atoms with Crippen molar-refractivity contribution in [3.63, 3.8) is 0 Å². The summed E-state index contributed by atoms with van der Waals surface area (Å²) in [6.45, 7) is 0. The average molecular weight is 352 g/mol. The monoisotopic (exact) mass is 352 g/mol. The van der Waals surface area contributed by atoms with E-state index in [2.05, 4.69) is 20.3 Å². The van der Waals surface area contributed by atoms with Crippen LogP contribution in [0.1, 0.15) is 5.56 Å². The number of H-pyrrole nitrogens is 1. The van der Waals surface area contributed by atoms with Crippen molar-refractivity contribution in [2.45, 2.75) is 6.42 Å². The van der Waals surface area contributed by atoms with E-state index in [-0.39, 0.29) is 18.1 Å². The van der Waals surface area contributed by atoms with E-state index in [4.69, 9.17) is 0 Å². The first kappa shape index (κ1) is 15.5. The number of benzene rings is 1. The van der Waals surface area contributed by atoms with Crippen LogP contribution in [-0.2, 0) is 11.2 Å². The molecule has 7 heteroatoms. The number of carbonyl (C=O) groups is 1. The maximum absolute atomic E-state index is 12.9. The van der Waals surface area contributed by atoms with Crippen molar-refractivity contribution >= 4 is 33.4 Å². The van der Waals surface area contributed by atoms with Gasteiger partial charge in [-0.15, -0.1) is 11.3 Å². The van der Waals surface area contributed by atoms with E-state index in [1.54, 1.807) is 18.3 Å². The topological polar surface area (TPSA) is 70.7 Å². The summed E-state index contributed by atoms with van der Waals surface area (Å²) >= 11 is 1.36. The van der Waals surface area contributed by atoms with Gasteiger partial charge < -0.3 is 10.3 Å². The number of anilines is 1. The van der Waals surface area contributed by atoms with Gasteiger partial charge in [-0.25, -0.2) is 14.4 Å². The molecule has 0 saturated carbocycles. The molecule has 0 aliphatic heterocycles. The summed E-state index contributed by atoms with van der Waals surface area (Å²) in [6.07, 6.45) is 3.76. The highest BCUT2D eigenvalue weighted by atomic mass is 32.1. The quantitative estimate of drug-likeness (QED) is 0.583. The summed E-state index contributed by atoms with van der Waals surface area (Å²) in [7, 11) is 0. The first-order valence-corrected chi connectivity index (χ1v) is 8.49. The predicted molar refractivity (Wildman–Crippen MR) is 95.9 cm³/mol. The number of carbonyl (C=O) groups excluding carboxylic acids is 1. The molecule has 1 aromatic carbocycles. The molecule has 2 N–H and O–H groups in total. The largest absolute Gasteiger partial charge is 0.345 e. The standard InChI is InChI=1S/C18H13FN4OS/c19-12-5-3-11(4-6-12)8-16(24)23-18-22-15(10-25-18)14-9-21-17-13(14)2-1-7-20-17/h1-7,9-10H,8H2,(H,20,21)(H,22,23,24). The number of hydrogen-bond acceptors (Lipinski definition) is 4. The van der Waals surface area contributed by atoms with Crippen LogP contribution in [0.5, 0.6) is 0 Å². The molecule has 0 unspecified atom stereocenters. The van der Waals surface area contributed by atoms with Crippen LogP contribution < -0.4 is 5.32 Å². The number of amides is 1. The van der Waals surface area contributed by atoms with E-state index in [0.29, 0.717) is 5.13 Å². The van der Waals surface area contributed by atoms with Crippen molar-refractivity contribution in [1.82, 2.24) is 15.0 Å². The minimum Gasteiger partial charge on any atom is -0.345 e. The second-order valence-corrected chi connectivity index (χ2v) is 6.35. The third-order valence-electron chi connectivity index (χ3n) is 3.76. The van der Waals surface area contributed by atoms with Crippen LogP contribution in [0.3, 0.4) is 0 Å². The fraction of sp³-hybridized carbons (Fsp3) is 0.0556. The van der Waals surface area contributed by atoms with E-state index < -0.39 is 0 Å². The summed E-state index contributed by atoms with van der Waals surface area (Å²) in [4.78, 5) is 24.0. The van der Waals surface area contributed by atoms with Gasteiger partial charge in [0.05, 0.1) is 12.1 Å². The van der Waals surface area contributed by atoms with Crippen molar-refractivity contribution in [3.05, 3.63) is 65.6 Å². The van der Waals surface area contributed by atoms with Crippen LogP contribution in [0.4, 0.5) is 9.52 Å². The molecule has 0 saturated heterocycles. The highest BCUT2D eigenvalue weighted by molar-refractivity contribution is 7.14. The molecule has 0 spiro atoms. The summed E-state index contributed by atoms with van der Waals surface area (Å²) in [5, 5.41) is 6.19. The zero-order valence-electron chi connectivity index (χ0n) is 13.0. The Morgan fingerprint density at radius 2 is 2.08 bits per heavy atom. The number of thiazole rings is 1. The highest BCUT2D eigenvalue weighted by Crippen LogP contribution is 2.30. The minimum absolute atomic E-state index is 0.173. The molecule has 0 atom stereocenters. The molecule has 3 heterocycles. The van der Waals surface area contributed by atoms with E-state index in [9.17, 15) is 9.18 Å². The Morgan fingerprint density at radius 3 is 2.92 bits per heavy atom. The van der Waals surface area contributed by atoms with Crippen molar-refractivity contribution < 1.29 is 9.18 Å². The first-order valence-electron chi connectivity index (χ1n) is 7.61. The zero-order chi connectivity index (χ0) is 17.2. The number of nitrogens with one attached hydrogen (secondary N) is 2. The molecule has 0 aliphatic carbocycles. The van der Waals surface area contributed by atoms with Gasteiger partial charge in [0, 0.05) is 28.7 Å². The maximum Gasteiger partial charge on any atom is 0.230 e. The van der Waals surface area contributed by atoms with E-state index >= 15 is 0 Å². The Bertz CT molecular complexity index is 1040. The normalized spacial score (nSPS) is 10.9. The second kappa shape index (κ2) is 6.45. The van der Waals surface area contributed by atoms with Crippen LogP contribution in [0, 0.1) is 5.82 Å². The SMILES string of the molecule is O=C(Cc1ccc(F)cc1)Nc1nc(-c2c[nH]c3ncccc23)cs1. The van der Waals surface area contributed by atoms with Gasteiger partial charge in [0.15, 0.2) is 5.13 Å². The molecule has 0 bridgehead atoms. The van der Waals surface area contributed by atoms with Crippen molar-refractivity contribution in [2.24, 2.45) is 0 Å². The van der Waals surface area contributed by atoms with Gasteiger partial charge in [-0.1, -0.05) is 12.1 Å². The van der Waals surface area contributed by atoms with Gasteiger partial charge in [0.1, 0.15) is 11.5 Å². The van der Waals surface area contributed by atoms with E-state index in [0.717, 1.165) is 27.9 Å². The number of pyridine rings is 1. The Balaban J connectivity index is 1.49. The molecule has 124 valence electrons. The highest BCUT2D eigenvalue weighted by Gasteiger charge is 2.12. The molecule has 4 aromatic rings. The molecular formula is C18H13FN4OS. The lowest BCUT2D eigenvalue weighted by Crippen LogP contribution is -2.14. The van der Waals surface area contributed by atoms with Crippen molar-refractivity contribution in [1.29, 1.82) is 0 Å². The number of halogens is 1. The first-order chi connectivity index (χ1) is 12.2. The van der Waals surface area contributed by atoms with Gasteiger partial charge in [-0.2, -0.15) is 0 Å². The average Bonchev–Trinajstić information content (AvgIpc) is 3.23. The molecule has 25 heavy (non-hydrogen) atoms. The van der Waals surface area contributed by atoms with Crippen LogP contribution in [0.25, 0.3) is 22.3 Å². The second-order valence-electron chi connectivity index (χ2n) is 5.49. The van der Waals surface area contributed by atoms with Gasteiger partial charge in [-0.05, 0) is 29.8 Å². The lowest BCUT2D eigenvalue weighted by molar-refractivity contribution is -0.115. The third kappa shape index (κ3) is 3.27. The fourth-order valence-electron chi connectivity index (χ4n) is 2.57. The molecule has 1 amide bonds. The van der Waals surface area contributed by atoms with Crippen LogP contribution in [-0.4, -0.2) is 20.9 Å². The molecule has 4 rings (SSSR count). The number of fused-ring (bicyclic) bond motifs is 1. The number of aromatic amines is 1. The predicted octanol–water partition coefficient (Wildman–Crippen LogP) is 4.01. The smallest absolute Gasteiger partial charge is 0.230 e. The summed E-state index contributed by atoms with van der Waals surface area (Å²) in [5.41, 5.74) is 3.27. The number of aromatic nitrogens is 3. The third-order valence-corrected chi connectivity index (χ3v) is 4.51. The fourth-order valence-corrected chi connectivity index (χ4v) is 3.30. The summed E-state index contributed by atoms with van der Waals surface area (Å²) in [5.74, 6) is -0.505. The minimum atomic E-state index is -0.318. The molecule has 0 aliphatic rings. The molecular weight excluding hydrogens is 339 g/mol. The van der Waals surface area contributed by atoms with Crippen LogP contribution >= 0.6 is 11.3 Å². The molecule has 3 aromatic heterocycles. The van der Waals surface area contributed by atoms with E-state index in [1.807, 2.05) is 23.7 Å². The Labute approximate surface area is 146 Å². The van der Waals surface area contributed by atoms with Crippen LogP contribution in [0.15, 0.2) is 54.2 Å². The van der Waals surface area contributed by atoms with Crippen molar-refractivity contribution in [2.75, 3.05) is 5.32 Å². The summed E-state index contributed by atoms with van der Waals surface area (Å²) < 4.78 is 12.9. The Kier molecular flexibility index (Phi) is 3.99. The molecule has 5 nitrogen and oxygen atoms in total. The number of rotatable bonds is 4. The molecule has 0 radical (unpaired) electrons. The lowest BCUT2D eigenvalue weighted by atomic mass is 10.1. The van der Waals surface area contributed by atoms with E-state index in [1.165, 1.54) is 23.5 Å². The Morgan fingerprint density at radius 1 is 1.24 bits per heavy atom. The van der Waals surface area contributed by atoms with Gasteiger partial charge >= 0.3 is 0 Å². The zero-order valence-corrected chi connectivity index (χ0v) is 13.8. The van der Waals surface area contributed by atoms with Gasteiger partial charge in [0.2, 0.25) is 5.91 Å². The summed E-state index contributed by atoms with van der Waals surface area (Å²) in [6, 6.07) is 9.73. The maximum atomic E-state index is 12.9. The molecule has 0 fully saturated rings. The Hall–Kier alpha value is -3.06. The number of nitrogens with zero attached hydrogens (tertiary/aromatic N) is 2. The van der Waals surface area contributed by atoms with Gasteiger partial charge in [-0.3, -0.25) is 4.79 Å². The van der Waals surface area contributed by atoms with Crippen molar-refractivity contribution in [3.8, 4) is 11.3 Å². The van der Waals surface area contributed by atoms with Gasteiger partial charge in [0.25, 0.3) is 0 Å². The van der Waals surface area contributed by atoms with Crippen LogP contribution in [0.2, 0.25) is 0 Å². The lowest BCUT2D eigenvalue weighted by Gasteiger charge is -2.02. The number of hydrogen-bond donors (Lipinski definition) is 2.